The van der Waals surface area contributed by atoms with E-state index >= 15 is 0 Å². The molecule has 2 fully saturated rings. The van der Waals surface area contributed by atoms with Crippen molar-refractivity contribution in [2.24, 2.45) is 11.7 Å². The van der Waals surface area contributed by atoms with Gasteiger partial charge in [0.25, 0.3) is 0 Å². The van der Waals surface area contributed by atoms with Crippen LogP contribution in [-0.4, -0.2) is 30.1 Å². The molecule has 0 aromatic heterocycles. The Bertz CT molecular complexity index is 169. The standard InChI is InChI=1S/C11H22N2/c1-2-9-5-6-13(8-9)11-4-3-10(12)7-11/h9-11H,2-8,12H2,1H3. The van der Waals surface area contributed by atoms with Crippen molar-refractivity contribution in [3.8, 4) is 0 Å². The van der Waals surface area contributed by atoms with Gasteiger partial charge in [0.05, 0.1) is 0 Å². The van der Waals surface area contributed by atoms with Crippen LogP contribution in [-0.2, 0) is 0 Å². The minimum atomic E-state index is 0.491. The molecule has 2 nitrogen and oxygen atoms in total. The highest BCUT2D eigenvalue weighted by atomic mass is 15.2. The first-order chi connectivity index (χ1) is 6.29. The van der Waals surface area contributed by atoms with Gasteiger partial charge in [0, 0.05) is 18.6 Å². The number of hydrogen-bond acceptors (Lipinski definition) is 2. The number of nitrogens with zero attached hydrogens (tertiary/aromatic N) is 1. The Morgan fingerprint density at radius 3 is 2.69 bits per heavy atom. The lowest BCUT2D eigenvalue weighted by atomic mass is 10.1. The van der Waals surface area contributed by atoms with Crippen molar-refractivity contribution in [3.05, 3.63) is 0 Å². The lowest BCUT2D eigenvalue weighted by molar-refractivity contribution is 0.235. The van der Waals surface area contributed by atoms with E-state index in [2.05, 4.69) is 11.8 Å². The third-order valence-corrected chi connectivity index (χ3v) is 3.86. The van der Waals surface area contributed by atoms with Crippen molar-refractivity contribution in [2.45, 2.75) is 51.1 Å². The van der Waals surface area contributed by atoms with E-state index in [4.69, 9.17) is 5.73 Å². The van der Waals surface area contributed by atoms with E-state index in [0.717, 1.165) is 12.0 Å². The van der Waals surface area contributed by atoms with Gasteiger partial charge in [-0.2, -0.15) is 0 Å². The minimum absolute atomic E-state index is 0.491. The lowest BCUT2D eigenvalue weighted by Gasteiger charge is -2.23. The van der Waals surface area contributed by atoms with Crippen LogP contribution in [0.4, 0.5) is 0 Å². The largest absolute Gasteiger partial charge is 0.328 e. The van der Waals surface area contributed by atoms with E-state index in [9.17, 15) is 0 Å². The van der Waals surface area contributed by atoms with Crippen molar-refractivity contribution >= 4 is 0 Å². The molecule has 1 saturated carbocycles. The van der Waals surface area contributed by atoms with Gasteiger partial charge in [-0.25, -0.2) is 0 Å². The van der Waals surface area contributed by atoms with Crippen LogP contribution < -0.4 is 5.73 Å². The summed E-state index contributed by atoms with van der Waals surface area (Å²) in [5.41, 5.74) is 5.93. The molecule has 3 unspecified atom stereocenters. The Balaban J connectivity index is 1.82. The second kappa shape index (κ2) is 3.97. The van der Waals surface area contributed by atoms with Crippen molar-refractivity contribution in [2.75, 3.05) is 13.1 Å². The minimum Gasteiger partial charge on any atom is -0.328 e. The maximum atomic E-state index is 5.93. The number of nitrogens with two attached hydrogens (primary N) is 1. The quantitative estimate of drug-likeness (QED) is 0.703. The van der Waals surface area contributed by atoms with Crippen molar-refractivity contribution in [1.29, 1.82) is 0 Å². The molecule has 13 heavy (non-hydrogen) atoms. The number of rotatable bonds is 2. The first-order valence-electron chi connectivity index (χ1n) is 5.79. The van der Waals surface area contributed by atoms with Gasteiger partial charge in [0.15, 0.2) is 0 Å². The maximum Gasteiger partial charge on any atom is 0.0111 e. The summed E-state index contributed by atoms with van der Waals surface area (Å²) in [5.74, 6) is 0.969. The Labute approximate surface area is 81.5 Å². The molecule has 1 aliphatic heterocycles. The molecule has 2 aliphatic rings. The van der Waals surface area contributed by atoms with Gasteiger partial charge in [-0.15, -0.1) is 0 Å². The SMILES string of the molecule is CCC1CCN(C2CCC(N)C2)C1. The van der Waals surface area contributed by atoms with E-state index < -0.39 is 0 Å². The molecular formula is C11H22N2. The Morgan fingerprint density at radius 1 is 1.31 bits per heavy atom. The highest BCUT2D eigenvalue weighted by molar-refractivity contribution is 4.88. The van der Waals surface area contributed by atoms with Crippen molar-refractivity contribution in [3.63, 3.8) is 0 Å². The predicted molar refractivity (Wildman–Crippen MR) is 55.6 cm³/mol. The summed E-state index contributed by atoms with van der Waals surface area (Å²) in [6.45, 7) is 4.98. The van der Waals surface area contributed by atoms with Crippen LogP contribution in [0.3, 0.4) is 0 Å². The summed E-state index contributed by atoms with van der Waals surface area (Å²) >= 11 is 0. The maximum absolute atomic E-state index is 5.93. The summed E-state index contributed by atoms with van der Waals surface area (Å²) in [7, 11) is 0. The van der Waals surface area contributed by atoms with Crippen LogP contribution in [0.15, 0.2) is 0 Å². The molecule has 0 aromatic carbocycles. The smallest absolute Gasteiger partial charge is 0.0111 e. The first kappa shape index (κ1) is 9.47. The van der Waals surface area contributed by atoms with Gasteiger partial charge >= 0.3 is 0 Å². The molecule has 76 valence electrons. The summed E-state index contributed by atoms with van der Waals surface area (Å²) in [5, 5.41) is 0. The zero-order valence-electron chi connectivity index (χ0n) is 8.71. The monoisotopic (exact) mass is 182 g/mol. The van der Waals surface area contributed by atoms with Gasteiger partial charge < -0.3 is 10.6 Å². The van der Waals surface area contributed by atoms with Crippen LogP contribution in [0.5, 0.6) is 0 Å². The highest BCUT2D eigenvalue weighted by Gasteiger charge is 2.31. The molecule has 2 N–H and O–H groups in total. The van der Waals surface area contributed by atoms with Crippen LogP contribution in [0.1, 0.15) is 39.0 Å². The van der Waals surface area contributed by atoms with Crippen LogP contribution in [0.2, 0.25) is 0 Å². The van der Waals surface area contributed by atoms with Crippen LogP contribution in [0.25, 0.3) is 0 Å². The highest BCUT2D eigenvalue weighted by Crippen LogP contribution is 2.28. The zero-order valence-corrected chi connectivity index (χ0v) is 8.71. The molecule has 1 heterocycles. The average Bonchev–Trinajstić information content (AvgIpc) is 2.71. The molecule has 0 aromatic rings. The molecule has 0 bridgehead atoms. The molecular weight excluding hydrogens is 160 g/mol. The fourth-order valence-electron chi connectivity index (χ4n) is 2.85. The van der Waals surface area contributed by atoms with E-state index in [1.165, 1.54) is 45.2 Å². The Morgan fingerprint density at radius 2 is 2.15 bits per heavy atom. The van der Waals surface area contributed by atoms with E-state index in [1.807, 2.05) is 0 Å². The fourth-order valence-corrected chi connectivity index (χ4v) is 2.85. The average molecular weight is 182 g/mol. The molecule has 0 radical (unpaired) electrons. The molecule has 1 aliphatic carbocycles. The number of hydrogen-bond donors (Lipinski definition) is 1. The second-order valence-electron chi connectivity index (χ2n) is 4.78. The van der Waals surface area contributed by atoms with Crippen molar-refractivity contribution < 1.29 is 0 Å². The Kier molecular flexibility index (Phi) is 2.89. The summed E-state index contributed by atoms with van der Waals surface area (Å²) < 4.78 is 0. The molecule has 3 atom stereocenters. The van der Waals surface area contributed by atoms with Gasteiger partial charge in [0.2, 0.25) is 0 Å². The third-order valence-electron chi connectivity index (χ3n) is 3.86. The van der Waals surface area contributed by atoms with Crippen LogP contribution in [0, 0.1) is 5.92 Å². The van der Waals surface area contributed by atoms with E-state index in [0.29, 0.717) is 6.04 Å². The van der Waals surface area contributed by atoms with Crippen molar-refractivity contribution in [1.82, 2.24) is 4.90 Å². The fraction of sp³-hybridized carbons (Fsp3) is 1.00. The van der Waals surface area contributed by atoms with Gasteiger partial charge in [-0.1, -0.05) is 13.3 Å². The summed E-state index contributed by atoms with van der Waals surface area (Å²) in [6, 6.07) is 1.32. The molecule has 0 spiro atoms. The molecule has 2 rings (SSSR count). The first-order valence-corrected chi connectivity index (χ1v) is 5.79. The molecule has 0 amide bonds. The zero-order chi connectivity index (χ0) is 9.26. The normalized spacial score (nSPS) is 41.5. The Hall–Kier alpha value is -0.0800. The van der Waals surface area contributed by atoms with Gasteiger partial charge in [0.1, 0.15) is 0 Å². The van der Waals surface area contributed by atoms with E-state index in [1.54, 1.807) is 0 Å². The summed E-state index contributed by atoms with van der Waals surface area (Å²) in [6.07, 6.45) is 6.61. The van der Waals surface area contributed by atoms with E-state index in [-0.39, 0.29) is 0 Å². The predicted octanol–water partition coefficient (Wildman–Crippen LogP) is 1.60. The topological polar surface area (TPSA) is 29.3 Å². The molecule has 1 saturated heterocycles. The lowest BCUT2D eigenvalue weighted by Crippen LogP contribution is -2.32. The second-order valence-corrected chi connectivity index (χ2v) is 4.78. The third kappa shape index (κ3) is 2.05. The van der Waals surface area contributed by atoms with Gasteiger partial charge in [-0.3, -0.25) is 0 Å². The van der Waals surface area contributed by atoms with Crippen LogP contribution >= 0.6 is 0 Å². The summed E-state index contributed by atoms with van der Waals surface area (Å²) in [4.78, 5) is 2.68. The number of likely N-dealkylation sites (tertiary alicyclic amines) is 1. The van der Waals surface area contributed by atoms with Gasteiger partial charge in [-0.05, 0) is 38.1 Å². The molecule has 2 heteroatoms.